The van der Waals surface area contributed by atoms with E-state index in [4.69, 9.17) is 0 Å². The van der Waals surface area contributed by atoms with E-state index in [2.05, 4.69) is 0 Å². The number of hydrogen-bond donors (Lipinski definition) is 0. The van der Waals surface area contributed by atoms with Crippen LogP contribution in [0.2, 0.25) is 0 Å². The minimum atomic E-state index is 0.801. The first-order chi connectivity index (χ1) is 3.77. The van der Waals surface area contributed by atoms with Gasteiger partial charge in [0.1, 0.15) is 0 Å². The first-order valence-electron chi connectivity index (χ1n) is 2.45. The molecule has 0 atom stereocenters. The molecule has 0 aliphatic rings. The Labute approximate surface area is 49.8 Å². The molecular formula is C6H10NO+. The zero-order valence-electron chi connectivity index (χ0n) is 5.22. The number of allylic oxidation sites excluding steroid dienone is 1. The van der Waals surface area contributed by atoms with E-state index >= 15 is 0 Å². The monoisotopic (exact) mass is 112 g/mol. The standard InChI is InChI=1S/C6H10NO/c1-7(2)5-3-4-6-8/h3-4H,5H2,1-2H3/q+1/b4-3+. The third-order valence-corrected chi connectivity index (χ3v) is 0.656. The Morgan fingerprint density at radius 1 is 1.62 bits per heavy atom. The van der Waals surface area contributed by atoms with Crippen molar-refractivity contribution >= 4 is 6.29 Å². The van der Waals surface area contributed by atoms with E-state index in [1.54, 1.807) is 12.4 Å². The smallest absolute Gasteiger partial charge is 0.289 e. The highest BCUT2D eigenvalue weighted by Gasteiger charge is 1.86. The van der Waals surface area contributed by atoms with Crippen molar-refractivity contribution in [3.63, 3.8) is 0 Å². The Morgan fingerprint density at radius 2 is 2.25 bits per heavy atom. The van der Waals surface area contributed by atoms with Gasteiger partial charge in [-0.1, -0.05) is 4.79 Å². The lowest BCUT2D eigenvalue weighted by atomic mass is 10.5. The second-order valence-corrected chi connectivity index (χ2v) is 1.78. The maximum Gasteiger partial charge on any atom is 0.356 e. The van der Waals surface area contributed by atoms with Crippen molar-refractivity contribution in [2.75, 3.05) is 20.6 Å². The van der Waals surface area contributed by atoms with Crippen LogP contribution in [-0.4, -0.2) is 31.8 Å². The lowest BCUT2D eigenvalue weighted by molar-refractivity contribution is 0.456. The van der Waals surface area contributed by atoms with E-state index < -0.39 is 0 Å². The highest BCUT2D eigenvalue weighted by molar-refractivity contribution is 5.65. The van der Waals surface area contributed by atoms with Crippen LogP contribution in [0.5, 0.6) is 0 Å². The van der Waals surface area contributed by atoms with Crippen LogP contribution < -0.4 is 0 Å². The summed E-state index contributed by atoms with van der Waals surface area (Å²) in [6.45, 7) is 0.801. The fourth-order valence-corrected chi connectivity index (χ4v) is 0.312. The molecule has 0 radical (unpaired) electrons. The van der Waals surface area contributed by atoms with Gasteiger partial charge < -0.3 is 0 Å². The molecule has 0 saturated heterocycles. The molecule has 0 fully saturated rings. The van der Waals surface area contributed by atoms with Gasteiger partial charge in [0.25, 0.3) is 0 Å². The molecule has 0 aromatic carbocycles. The Balaban J connectivity index is 3.15. The molecule has 2 heteroatoms. The Kier molecular flexibility index (Phi) is 4.04. The highest BCUT2D eigenvalue weighted by atomic mass is 16.1. The summed E-state index contributed by atoms with van der Waals surface area (Å²) in [5, 5.41) is 0. The fraction of sp³-hybridized carbons (Fsp3) is 0.500. The third-order valence-electron chi connectivity index (χ3n) is 0.656. The Hall–Kier alpha value is -0.720. The minimum Gasteiger partial charge on any atom is -0.289 e. The average Bonchev–Trinajstić information content (AvgIpc) is 1.66. The van der Waals surface area contributed by atoms with Crippen LogP contribution in [0.1, 0.15) is 0 Å². The number of carbonyl (C=O) groups excluding carboxylic acids is 1. The number of likely N-dealkylation sites (N-methyl/N-ethyl adjacent to an activating group) is 1. The largest absolute Gasteiger partial charge is 0.356 e. The molecule has 0 aliphatic heterocycles. The van der Waals surface area contributed by atoms with Gasteiger partial charge in [0.05, 0.1) is 12.6 Å². The molecule has 0 aromatic heterocycles. The Bertz CT molecular complexity index is 86.5. The quantitative estimate of drug-likeness (QED) is 0.384. The van der Waals surface area contributed by atoms with E-state index in [9.17, 15) is 4.79 Å². The van der Waals surface area contributed by atoms with Gasteiger partial charge in [-0.2, -0.15) is 0 Å². The average molecular weight is 112 g/mol. The summed E-state index contributed by atoms with van der Waals surface area (Å²) in [5.41, 5.74) is 0. The van der Waals surface area contributed by atoms with Crippen molar-refractivity contribution in [1.29, 1.82) is 0 Å². The summed E-state index contributed by atoms with van der Waals surface area (Å²) in [7, 11) is 3.88. The molecule has 0 aliphatic carbocycles. The summed E-state index contributed by atoms with van der Waals surface area (Å²) in [5.74, 6) is 0. The molecule has 0 heterocycles. The third kappa shape index (κ3) is 5.28. The van der Waals surface area contributed by atoms with E-state index in [0.717, 1.165) is 6.54 Å². The number of rotatable bonds is 3. The summed E-state index contributed by atoms with van der Waals surface area (Å²) in [4.78, 5) is 11.5. The molecule has 0 bridgehead atoms. The molecule has 2 nitrogen and oxygen atoms in total. The Morgan fingerprint density at radius 3 is 2.62 bits per heavy atom. The van der Waals surface area contributed by atoms with Crippen LogP contribution in [0.3, 0.4) is 0 Å². The van der Waals surface area contributed by atoms with Gasteiger partial charge >= 0.3 is 6.29 Å². The zero-order valence-corrected chi connectivity index (χ0v) is 5.22. The van der Waals surface area contributed by atoms with Crippen LogP contribution >= 0.6 is 0 Å². The molecule has 0 rings (SSSR count). The van der Waals surface area contributed by atoms with Crippen molar-refractivity contribution in [1.82, 2.24) is 4.90 Å². The summed E-state index contributed by atoms with van der Waals surface area (Å²) < 4.78 is 0. The molecule has 8 heavy (non-hydrogen) atoms. The van der Waals surface area contributed by atoms with Crippen LogP contribution in [-0.2, 0) is 4.79 Å². The second kappa shape index (κ2) is 4.44. The number of hydrogen-bond acceptors (Lipinski definition) is 2. The van der Waals surface area contributed by atoms with Crippen molar-refractivity contribution in [3.05, 3.63) is 12.2 Å². The van der Waals surface area contributed by atoms with E-state index in [1.807, 2.05) is 19.0 Å². The molecule has 44 valence electrons. The lowest BCUT2D eigenvalue weighted by Gasteiger charge is -1.98. The van der Waals surface area contributed by atoms with Crippen LogP contribution in [0.4, 0.5) is 0 Å². The van der Waals surface area contributed by atoms with Gasteiger partial charge in [-0.05, 0) is 14.1 Å². The van der Waals surface area contributed by atoms with Crippen LogP contribution in [0, 0.1) is 0 Å². The van der Waals surface area contributed by atoms with E-state index in [1.165, 1.54) is 6.08 Å². The molecule has 0 spiro atoms. The maximum atomic E-state index is 9.56. The number of nitrogens with zero attached hydrogens (tertiary/aromatic N) is 1. The minimum absolute atomic E-state index is 0.801. The maximum absolute atomic E-state index is 9.56. The highest BCUT2D eigenvalue weighted by Crippen LogP contribution is 1.73. The summed E-state index contributed by atoms with van der Waals surface area (Å²) in [6, 6.07) is 0. The van der Waals surface area contributed by atoms with Crippen molar-refractivity contribution in [2.24, 2.45) is 0 Å². The molecule has 0 N–H and O–H groups in total. The lowest BCUT2D eigenvalue weighted by Crippen LogP contribution is -2.10. The van der Waals surface area contributed by atoms with E-state index in [-0.39, 0.29) is 0 Å². The predicted octanol–water partition coefficient (Wildman–Crippen LogP) is 0.214. The fourth-order valence-electron chi connectivity index (χ4n) is 0.312. The predicted molar refractivity (Wildman–Crippen MR) is 33.4 cm³/mol. The molecule has 0 unspecified atom stereocenters. The molecular weight excluding hydrogens is 102 g/mol. The topological polar surface area (TPSA) is 20.3 Å². The van der Waals surface area contributed by atoms with Gasteiger partial charge in [0.15, 0.2) is 0 Å². The van der Waals surface area contributed by atoms with Gasteiger partial charge in [0.2, 0.25) is 6.08 Å². The van der Waals surface area contributed by atoms with Crippen LogP contribution in [0.25, 0.3) is 0 Å². The first kappa shape index (κ1) is 7.28. The summed E-state index contributed by atoms with van der Waals surface area (Å²) in [6.07, 6.45) is 4.80. The van der Waals surface area contributed by atoms with Crippen molar-refractivity contribution in [2.45, 2.75) is 0 Å². The van der Waals surface area contributed by atoms with Gasteiger partial charge in [-0.15, -0.1) is 0 Å². The first-order valence-corrected chi connectivity index (χ1v) is 2.45. The van der Waals surface area contributed by atoms with Crippen molar-refractivity contribution in [3.8, 4) is 0 Å². The van der Waals surface area contributed by atoms with E-state index in [0.29, 0.717) is 0 Å². The normalized spacial score (nSPS) is 10.4. The molecule has 0 aromatic rings. The molecule has 0 saturated carbocycles. The van der Waals surface area contributed by atoms with Crippen molar-refractivity contribution < 1.29 is 4.79 Å². The van der Waals surface area contributed by atoms with Gasteiger partial charge in [0, 0.05) is 0 Å². The summed E-state index contributed by atoms with van der Waals surface area (Å²) >= 11 is 0. The zero-order chi connectivity index (χ0) is 6.41. The SMILES string of the molecule is CN(C)C/C=C/[C+]=O. The van der Waals surface area contributed by atoms with Gasteiger partial charge in [-0.25, -0.2) is 0 Å². The van der Waals surface area contributed by atoms with Crippen LogP contribution in [0.15, 0.2) is 12.2 Å². The second-order valence-electron chi connectivity index (χ2n) is 1.78. The van der Waals surface area contributed by atoms with Gasteiger partial charge in [-0.3, -0.25) is 4.90 Å². The molecule has 0 amide bonds.